The quantitative estimate of drug-likeness (QED) is 0.208. The lowest BCUT2D eigenvalue weighted by molar-refractivity contribution is -0.157. The highest BCUT2D eigenvalue weighted by atomic mass is 35.5. The molecule has 1 unspecified atom stereocenters. The molecule has 0 radical (unpaired) electrons. The highest BCUT2D eigenvalue weighted by Gasteiger charge is 2.33. The predicted octanol–water partition coefficient (Wildman–Crippen LogP) is 6.25. The summed E-state index contributed by atoms with van der Waals surface area (Å²) in [5.41, 5.74) is 7.49. The number of rotatable bonds is 8. The van der Waals surface area contributed by atoms with Crippen LogP contribution in [0.3, 0.4) is 0 Å². The zero-order valence-corrected chi connectivity index (χ0v) is 25.1. The molecule has 4 heterocycles. The van der Waals surface area contributed by atoms with E-state index in [0.29, 0.717) is 17.5 Å². The number of carbonyl (C=O) groups is 1. The summed E-state index contributed by atoms with van der Waals surface area (Å²) in [6, 6.07) is 29.4. The molecule has 2 aromatic heterocycles. The van der Waals surface area contributed by atoms with Crippen LogP contribution in [0.25, 0.3) is 16.8 Å². The molecule has 0 saturated carbocycles. The van der Waals surface area contributed by atoms with Gasteiger partial charge in [-0.15, -0.1) is 5.10 Å². The van der Waals surface area contributed by atoms with Gasteiger partial charge in [0.2, 0.25) is 0 Å². The van der Waals surface area contributed by atoms with Crippen LogP contribution in [0.2, 0.25) is 5.02 Å². The van der Waals surface area contributed by atoms with Crippen molar-refractivity contribution in [3.63, 3.8) is 0 Å². The first-order valence-corrected chi connectivity index (χ1v) is 15.5. The maximum atomic E-state index is 12.7. The summed E-state index contributed by atoms with van der Waals surface area (Å²) in [4.78, 5) is 19.7. The highest BCUT2D eigenvalue weighted by molar-refractivity contribution is 6.31. The van der Waals surface area contributed by atoms with Gasteiger partial charge in [0.05, 0.1) is 12.3 Å². The van der Waals surface area contributed by atoms with Crippen LogP contribution in [0.15, 0.2) is 97.5 Å². The Morgan fingerprint density at radius 2 is 1.80 bits per heavy atom. The Kier molecular flexibility index (Phi) is 8.18. The average Bonchev–Trinajstić information content (AvgIpc) is 3.59. The number of tetrazole rings is 1. The van der Waals surface area contributed by atoms with Gasteiger partial charge in [-0.3, -0.25) is 9.78 Å². The normalized spacial score (nSPS) is 17.7. The zero-order chi connectivity index (χ0) is 29.9. The minimum atomic E-state index is -0.224. The van der Waals surface area contributed by atoms with Crippen LogP contribution in [0, 0.1) is 0 Å². The van der Waals surface area contributed by atoms with E-state index in [1.165, 1.54) is 16.7 Å². The average molecular weight is 605 g/mol. The summed E-state index contributed by atoms with van der Waals surface area (Å²) in [6.07, 6.45) is 6.86. The lowest BCUT2D eigenvalue weighted by Crippen LogP contribution is -2.48. The number of nitrogens with zero attached hydrogens (tertiary/aromatic N) is 6. The van der Waals surface area contributed by atoms with Gasteiger partial charge in [0.1, 0.15) is 12.4 Å². The van der Waals surface area contributed by atoms with E-state index in [2.05, 4.69) is 76.2 Å². The van der Waals surface area contributed by atoms with Crippen LogP contribution in [-0.4, -0.2) is 61.8 Å². The molecule has 222 valence electrons. The molecule has 0 aliphatic carbocycles. The number of halogens is 1. The van der Waals surface area contributed by atoms with Crippen molar-refractivity contribution in [3.8, 4) is 16.8 Å². The molecule has 3 aromatic carbocycles. The van der Waals surface area contributed by atoms with Crippen molar-refractivity contribution in [2.75, 3.05) is 19.7 Å². The monoisotopic (exact) mass is 604 g/mol. The minimum Gasteiger partial charge on any atom is -0.368 e. The zero-order valence-electron chi connectivity index (χ0n) is 24.3. The molecule has 2 atom stereocenters. The van der Waals surface area contributed by atoms with Crippen molar-refractivity contribution < 1.29 is 9.53 Å². The second-order valence-electron chi connectivity index (χ2n) is 11.5. The molecule has 8 nitrogen and oxygen atoms in total. The van der Waals surface area contributed by atoms with E-state index < -0.39 is 0 Å². The molecule has 2 aliphatic heterocycles. The summed E-state index contributed by atoms with van der Waals surface area (Å²) in [5.74, 6) is 0.646. The van der Waals surface area contributed by atoms with Gasteiger partial charge in [0.15, 0.2) is 0 Å². The number of aromatic nitrogens is 5. The Hall–Kier alpha value is -4.40. The van der Waals surface area contributed by atoms with Crippen LogP contribution in [0.5, 0.6) is 0 Å². The first-order valence-electron chi connectivity index (χ1n) is 15.2. The van der Waals surface area contributed by atoms with Gasteiger partial charge < -0.3 is 9.64 Å². The molecule has 5 aromatic rings. The molecular weight excluding hydrogens is 572 g/mol. The summed E-state index contributed by atoms with van der Waals surface area (Å²) in [5, 5.41) is 12.3. The molecule has 2 fully saturated rings. The van der Waals surface area contributed by atoms with E-state index in [9.17, 15) is 4.79 Å². The fraction of sp³-hybridized carbons (Fsp3) is 0.286. The number of hydrogen-bond donors (Lipinski definition) is 0. The summed E-state index contributed by atoms with van der Waals surface area (Å²) < 4.78 is 7.07. The highest BCUT2D eigenvalue weighted by Crippen LogP contribution is 2.35. The van der Waals surface area contributed by atoms with E-state index >= 15 is 0 Å². The van der Waals surface area contributed by atoms with Gasteiger partial charge in [-0.25, -0.2) is 0 Å². The third-order valence-electron chi connectivity index (χ3n) is 8.86. The van der Waals surface area contributed by atoms with Crippen molar-refractivity contribution >= 4 is 17.5 Å². The smallest absolute Gasteiger partial charge is 0.251 e. The SMILES string of the molecule is O=C(C1CCO1)N1CCC(c2cccc([C@H](Cc3ccccc3)c3ccc(-c4cc(Cl)ccc4-n4cnnn4)cn3)c2)CC1. The van der Waals surface area contributed by atoms with Crippen LogP contribution in [-0.2, 0) is 16.0 Å². The number of pyridine rings is 1. The third-order valence-corrected chi connectivity index (χ3v) is 9.09. The first-order chi connectivity index (χ1) is 21.6. The van der Waals surface area contributed by atoms with Crippen molar-refractivity contribution in [2.24, 2.45) is 0 Å². The van der Waals surface area contributed by atoms with Gasteiger partial charge >= 0.3 is 0 Å². The fourth-order valence-electron chi connectivity index (χ4n) is 6.32. The van der Waals surface area contributed by atoms with Gasteiger partial charge in [0, 0.05) is 53.5 Å². The van der Waals surface area contributed by atoms with E-state index in [1.807, 2.05) is 35.4 Å². The number of amides is 1. The van der Waals surface area contributed by atoms with Gasteiger partial charge in [0.25, 0.3) is 5.91 Å². The summed E-state index contributed by atoms with van der Waals surface area (Å²) >= 11 is 6.40. The van der Waals surface area contributed by atoms with Crippen LogP contribution >= 0.6 is 11.6 Å². The van der Waals surface area contributed by atoms with E-state index in [1.54, 1.807) is 11.0 Å². The Labute approximate surface area is 261 Å². The molecule has 9 heteroatoms. The van der Waals surface area contributed by atoms with Gasteiger partial charge in [-0.1, -0.05) is 72.3 Å². The van der Waals surface area contributed by atoms with Crippen molar-refractivity contribution in [3.05, 3.63) is 125 Å². The standard InChI is InChI=1S/C35H33ClN6O2/c36-29-10-12-33(42-23-38-39-40-42)31(21-29)28-9-11-32(37-22-28)30(19-24-5-2-1-3-6-24)27-8-4-7-26(20-27)25-13-16-41(17-14-25)35(43)34-15-18-44-34/h1-12,20-23,25,30,34H,13-19H2/t30-,34?/m0/s1. The Morgan fingerprint density at radius 1 is 0.955 bits per heavy atom. The summed E-state index contributed by atoms with van der Waals surface area (Å²) in [7, 11) is 0. The number of piperidine rings is 1. The van der Waals surface area contributed by atoms with Crippen molar-refractivity contribution in [1.82, 2.24) is 30.1 Å². The lowest BCUT2D eigenvalue weighted by Gasteiger charge is -2.36. The molecule has 2 aliphatic rings. The fourth-order valence-corrected chi connectivity index (χ4v) is 6.49. The Bertz CT molecular complexity index is 1720. The van der Waals surface area contributed by atoms with Crippen LogP contribution in [0.4, 0.5) is 0 Å². The number of carbonyl (C=O) groups excluding carboxylic acids is 1. The van der Waals surface area contributed by atoms with Crippen LogP contribution in [0.1, 0.15) is 53.5 Å². The molecule has 0 N–H and O–H groups in total. The van der Waals surface area contributed by atoms with E-state index in [-0.39, 0.29) is 17.9 Å². The van der Waals surface area contributed by atoms with E-state index in [0.717, 1.165) is 61.3 Å². The first kappa shape index (κ1) is 28.4. The molecule has 7 rings (SSSR count). The van der Waals surface area contributed by atoms with Crippen molar-refractivity contribution in [2.45, 2.75) is 43.6 Å². The number of benzene rings is 3. The number of hydrogen-bond acceptors (Lipinski definition) is 6. The number of ether oxygens (including phenoxy) is 1. The number of likely N-dealkylation sites (tertiary alicyclic amines) is 1. The molecule has 0 spiro atoms. The van der Waals surface area contributed by atoms with E-state index in [4.69, 9.17) is 21.3 Å². The Balaban J connectivity index is 1.16. The predicted molar refractivity (Wildman–Crippen MR) is 169 cm³/mol. The topological polar surface area (TPSA) is 86.0 Å². The lowest BCUT2D eigenvalue weighted by atomic mass is 9.84. The minimum absolute atomic E-state index is 0.0715. The molecule has 1 amide bonds. The third kappa shape index (κ3) is 6.00. The second-order valence-corrected chi connectivity index (χ2v) is 12.0. The van der Waals surface area contributed by atoms with Gasteiger partial charge in [-0.2, -0.15) is 4.68 Å². The largest absolute Gasteiger partial charge is 0.368 e. The Morgan fingerprint density at radius 3 is 2.50 bits per heavy atom. The van der Waals surface area contributed by atoms with Crippen LogP contribution < -0.4 is 0 Å². The second kappa shape index (κ2) is 12.7. The van der Waals surface area contributed by atoms with Gasteiger partial charge in [-0.05, 0) is 76.6 Å². The van der Waals surface area contributed by atoms with Crippen molar-refractivity contribution in [1.29, 1.82) is 0 Å². The maximum absolute atomic E-state index is 12.7. The molecule has 0 bridgehead atoms. The maximum Gasteiger partial charge on any atom is 0.251 e. The molecular formula is C35H33ClN6O2. The molecule has 44 heavy (non-hydrogen) atoms. The molecule has 2 saturated heterocycles. The summed E-state index contributed by atoms with van der Waals surface area (Å²) in [6.45, 7) is 2.25.